The van der Waals surface area contributed by atoms with E-state index in [9.17, 15) is 8.42 Å². The molecule has 1 aliphatic heterocycles. The van der Waals surface area contributed by atoms with E-state index in [2.05, 4.69) is 0 Å². The molecule has 1 aromatic rings. The Labute approximate surface area is 102 Å². The second-order valence-corrected chi connectivity index (χ2v) is 6.40. The van der Waals surface area contributed by atoms with Crippen LogP contribution in [-0.4, -0.2) is 34.0 Å². The maximum absolute atomic E-state index is 12.2. The lowest BCUT2D eigenvalue weighted by molar-refractivity contribution is 0.451. The number of likely N-dealkylation sites (N-methyl/N-ethyl adjacent to an activating group) is 1. The van der Waals surface area contributed by atoms with Gasteiger partial charge in [0.25, 0.3) is 0 Å². The summed E-state index contributed by atoms with van der Waals surface area (Å²) in [5, 5.41) is 0. The fourth-order valence-corrected chi connectivity index (χ4v) is 3.59. The molecule has 2 rings (SSSR count). The molecule has 0 radical (unpaired) electrons. The van der Waals surface area contributed by atoms with Gasteiger partial charge in [0.15, 0.2) is 0 Å². The highest BCUT2D eigenvalue weighted by molar-refractivity contribution is 7.95. The van der Waals surface area contributed by atoms with Crippen LogP contribution in [0.3, 0.4) is 0 Å². The van der Waals surface area contributed by atoms with Gasteiger partial charge in [-0.25, -0.2) is 8.42 Å². The summed E-state index contributed by atoms with van der Waals surface area (Å²) in [7, 11) is 0.416. The average molecular weight is 252 g/mol. The molecule has 1 heterocycles. The van der Waals surface area contributed by atoms with Crippen molar-refractivity contribution < 1.29 is 8.42 Å². The van der Waals surface area contributed by atoms with Crippen LogP contribution in [0.25, 0.3) is 6.08 Å². The zero-order valence-electron chi connectivity index (χ0n) is 9.97. The van der Waals surface area contributed by atoms with Crippen molar-refractivity contribution in [3.63, 3.8) is 0 Å². The first-order valence-electron chi connectivity index (χ1n) is 5.38. The Balaban J connectivity index is 2.49. The van der Waals surface area contributed by atoms with Gasteiger partial charge in [-0.05, 0) is 43.4 Å². The largest absolute Gasteiger partial charge is 0.326 e. The van der Waals surface area contributed by atoms with Gasteiger partial charge in [-0.1, -0.05) is 6.07 Å². The maximum atomic E-state index is 12.2. The van der Waals surface area contributed by atoms with Gasteiger partial charge in [0, 0.05) is 13.1 Å². The molecule has 0 unspecified atom stereocenters. The lowest BCUT2D eigenvalue weighted by Crippen LogP contribution is -2.18. The van der Waals surface area contributed by atoms with Crippen molar-refractivity contribution in [2.24, 2.45) is 5.73 Å². The number of sulfone groups is 1. The van der Waals surface area contributed by atoms with E-state index in [1.165, 1.54) is 0 Å². The van der Waals surface area contributed by atoms with Crippen molar-refractivity contribution >= 4 is 15.9 Å². The van der Waals surface area contributed by atoms with Crippen LogP contribution < -0.4 is 5.73 Å². The summed E-state index contributed by atoms with van der Waals surface area (Å²) in [4.78, 5) is 2.69. The molecule has 0 aromatic heterocycles. The first kappa shape index (κ1) is 12.3. The molecular formula is C12H16N2O2S. The van der Waals surface area contributed by atoms with Crippen LogP contribution in [0, 0.1) is 0 Å². The molecule has 92 valence electrons. The minimum absolute atomic E-state index is 0.395. The minimum atomic E-state index is -3.29. The molecule has 0 aliphatic carbocycles. The molecule has 0 saturated carbocycles. The summed E-state index contributed by atoms with van der Waals surface area (Å²) in [6.45, 7) is 0.846. The number of hydrogen-bond acceptors (Lipinski definition) is 4. The second kappa shape index (κ2) is 4.25. The zero-order chi connectivity index (χ0) is 12.6. The fourth-order valence-electron chi connectivity index (χ4n) is 1.92. The number of hydrogen-bond donors (Lipinski definition) is 1. The number of benzene rings is 1. The number of nitrogens with zero attached hydrogens (tertiary/aromatic N) is 1. The van der Waals surface area contributed by atoms with E-state index < -0.39 is 9.84 Å². The number of rotatable bonds is 3. The third kappa shape index (κ3) is 2.13. The highest BCUT2D eigenvalue weighted by Crippen LogP contribution is 2.33. The number of fused-ring (bicyclic) bond motifs is 1. The molecule has 0 amide bonds. The highest BCUT2D eigenvalue weighted by atomic mass is 32.2. The van der Waals surface area contributed by atoms with Crippen LogP contribution in [0.2, 0.25) is 0 Å². The summed E-state index contributed by atoms with van der Waals surface area (Å²) in [6.07, 6.45) is 1.74. The van der Waals surface area contributed by atoms with Crippen LogP contribution >= 0.6 is 0 Å². The molecule has 1 aromatic carbocycles. The summed E-state index contributed by atoms with van der Waals surface area (Å²) in [6, 6.07) is 5.25. The van der Waals surface area contributed by atoms with Gasteiger partial charge in [-0.15, -0.1) is 0 Å². The fraction of sp³-hybridized carbons (Fsp3) is 0.333. The van der Waals surface area contributed by atoms with Crippen molar-refractivity contribution in [2.75, 3.05) is 20.6 Å². The standard InChI is InChI=1S/C12H16N2O2S/c1-14(2)8-11-6-10-5-9(7-13)3-4-12(10)17(11,15)16/h3-6H,7-8,13H2,1-2H3. The Kier molecular flexibility index (Phi) is 3.07. The summed E-state index contributed by atoms with van der Waals surface area (Å²) < 4.78 is 24.4. The van der Waals surface area contributed by atoms with Gasteiger partial charge in [0.05, 0.1) is 9.80 Å². The molecule has 0 atom stereocenters. The summed E-state index contributed by atoms with van der Waals surface area (Å²) >= 11 is 0. The third-order valence-corrected chi connectivity index (χ3v) is 4.62. The van der Waals surface area contributed by atoms with Gasteiger partial charge in [-0.2, -0.15) is 0 Å². The maximum Gasteiger partial charge on any atom is 0.204 e. The van der Waals surface area contributed by atoms with Crippen LogP contribution in [0.1, 0.15) is 11.1 Å². The predicted octanol–water partition coefficient (Wildman–Crippen LogP) is 0.835. The zero-order valence-corrected chi connectivity index (χ0v) is 10.8. The molecular weight excluding hydrogens is 236 g/mol. The molecule has 17 heavy (non-hydrogen) atoms. The molecule has 5 heteroatoms. The van der Waals surface area contributed by atoms with Crippen molar-refractivity contribution in [2.45, 2.75) is 11.4 Å². The van der Waals surface area contributed by atoms with E-state index in [-0.39, 0.29) is 0 Å². The Bertz CT molecular complexity index is 574. The SMILES string of the molecule is CN(C)CC1=Cc2cc(CN)ccc2S1(=O)=O. The molecule has 0 fully saturated rings. The first-order chi connectivity index (χ1) is 7.95. The summed E-state index contributed by atoms with van der Waals surface area (Å²) in [5.74, 6) is 0. The van der Waals surface area contributed by atoms with E-state index in [4.69, 9.17) is 5.73 Å². The van der Waals surface area contributed by atoms with E-state index in [1.807, 2.05) is 25.1 Å². The third-order valence-electron chi connectivity index (χ3n) is 2.73. The van der Waals surface area contributed by atoms with Gasteiger partial charge < -0.3 is 10.6 Å². The Morgan fingerprint density at radius 1 is 1.29 bits per heavy atom. The van der Waals surface area contributed by atoms with E-state index in [0.717, 1.165) is 11.1 Å². The number of nitrogens with two attached hydrogens (primary N) is 1. The summed E-state index contributed by atoms with van der Waals surface area (Å²) in [5.41, 5.74) is 7.25. The average Bonchev–Trinajstić information content (AvgIpc) is 2.49. The van der Waals surface area contributed by atoms with E-state index >= 15 is 0 Å². The first-order valence-corrected chi connectivity index (χ1v) is 6.87. The molecule has 4 nitrogen and oxygen atoms in total. The Morgan fingerprint density at radius 3 is 2.59 bits per heavy atom. The van der Waals surface area contributed by atoms with Gasteiger partial charge in [0.2, 0.25) is 9.84 Å². The van der Waals surface area contributed by atoms with Crippen LogP contribution in [0.5, 0.6) is 0 Å². The normalized spacial score (nSPS) is 17.1. The van der Waals surface area contributed by atoms with Gasteiger partial charge in [0.1, 0.15) is 0 Å². The van der Waals surface area contributed by atoms with Crippen LogP contribution in [0.4, 0.5) is 0 Å². The molecule has 0 bridgehead atoms. The van der Waals surface area contributed by atoms with Crippen molar-refractivity contribution in [3.8, 4) is 0 Å². The Hall–Kier alpha value is -1.17. The molecule has 1 aliphatic rings. The van der Waals surface area contributed by atoms with Crippen LogP contribution in [-0.2, 0) is 16.4 Å². The molecule has 0 spiro atoms. The molecule has 0 saturated heterocycles. The van der Waals surface area contributed by atoms with Gasteiger partial charge in [-0.3, -0.25) is 0 Å². The van der Waals surface area contributed by atoms with Crippen molar-refractivity contribution in [3.05, 3.63) is 34.2 Å². The predicted molar refractivity (Wildman–Crippen MR) is 68.1 cm³/mol. The molecule has 2 N–H and O–H groups in total. The monoisotopic (exact) mass is 252 g/mol. The lowest BCUT2D eigenvalue weighted by atomic mass is 10.1. The van der Waals surface area contributed by atoms with E-state index in [0.29, 0.717) is 22.9 Å². The van der Waals surface area contributed by atoms with Crippen LogP contribution in [0.15, 0.2) is 28.0 Å². The topological polar surface area (TPSA) is 63.4 Å². The highest BCUT2D eigenvalue weighted by Gasteiger charge is 2.29. The second-order valence-electron chi connectivity index (χ2n) is 4.43. The van der Waals surface area contributed by atoms with E-state index in [1.54, 1.807) is 18.2 Å². The quantitative estimate of drug-likeness (QED) is 0.865. The smallest absolute Gasteiger partial charge is 0.204 e. The van der Waals surface area contributed by atoms with Crippen molar-refractivity contribution in [1.29, 1.82) is 0 Å². The van der Waals surface area contributed by atoms with Gasteiger partial charge >= 0.3 is 0 Å². The minimum Gasteiger partial charge on any atom is -0.326 e. The lowest BCUT2D eigenvalue weighted by Gasteiger charge is -2.10. The van der Waals surface area contributed by atoms with Crippen molar-refractivity contribution in [1.82, 2.24) is 4.90 Å². The Morgan fingerprint density at radius 2 is 2.00 bits per heavy atom.